The summed E-state index contributed by atoms with van der Waals surface area (Å²) in [5.74, 6) is 0.712. The van der Waals surface area contributed by atoms with Gasteiger partial charge in [-0.1, -0.05) is 26.8 Å². The van der Waals surface area contributed by atoms with E-state index in [1.54, 1.807) is 0 Å². The molecule has 0 aromatic heterocycles. The summed E-state index contributed by atoms with van der Waals surface area (Å²) in [6.45, 7) is 10.2. The Labute approximate surface area is 124 Å². The number of hydrogen-bond acceptors (Lipinski definition) is 2. The number of nitrogens with two attached hydrogens (primary N) is 1. The summed E-state index contributed by atoms with van der Waals surface area (Å²) in [5, 5.41) is 0. The summed E-state index contributed by atoms with van der Waals surface area (Å²) in [7, 11) is 0. The van der Waals surface area contributed by atoms with Crippen LogP contribution in [0.4, 0.5) is 5.69 Å². The zero-order valence-corrected chi connectivity index (χ0v) is 13.5. The third-order valence-electron chi connectivity index (χ3n) is 4.21. The number of hydrogen-bond donors (Lipinski definition) is 1. The molecule has 0 radical (unpaired) electrons. The van der Waals surface area contributed by atoms with Crippen LogP contribution in [0.2, 0.25) is 0 Å². The molecule has 2 N–H and O–H groups in total. The third-order valence-corrected chi connectivity index (χ3v) is 4.21. The zero-order chi connectivity index (χ0) is 14.7. The molecular formula is C18H30N2. The van der Waals surface area contributed by atoms with Gasteiger partial charge in [0.2, 0.25) is 0 Å². The molecule has 0 amide bonds. The van der Waals surface area contributed by atoms with Crippen LogP contribution in [0.25, 0.3) is 0 Å². The van der Waals surface area contributed by atoms with Gasteiger partial charge in [0.1, 0.15) is 0 Å². The Morgan fingerprint density at radius 2 is 2.00 bits per heavy atom. The molecule has 1 unspecified atom stereocenters. The number of anilines is 1. The van der Waals surface area contributed by atoms with Crippen molar-refractivity contribution >= 4 is 5.69 Å². The molecule has 0 saturated heterocycles. The van der Waals surface area contributed by atoms with E-state index in [1.165, 1.54) is 29.7 Å². The first kappa shape index (κ1) is 15.4. The molecule has 1 atom stereocenters. The Balaban J connectivity index is 2.14. The maximum Gasteiger partial charge on any atom is 0.0371 e. The number of aryl methyl sites for hydroxylation is 1. The molecule has 0 heterocycles. The second-order valence-electron chi connectivity index (χ2n) is 6.76. The quantitative estimate of drug-likeness (QED) is 0.817. The van der Waals surface area contributed by atoms with Crippen LogP contribution in [0.1, 0.15) is 51.2 Å². The van der Waals surface area contributed by atoms with E-state index in [9.17, 15) is 0 Å². The number of nitrogens with zero attached hydrogens (tertiary/aromatic N) is 1. The zero-order valence-electron chi connectivity index (χ0n) is 13.5. The standard InChI is InChI=1S/C18H30N2/c1-5-16(19)11-15-6-7-18(10-14(15)4)20(12-13(2)3)17-8-9-17/h6-7,10,13,16-17H,5,8-9,11-12,19H2,1-4H3. The molecule has 2 heteroatoms. The average Bonchev–Trinajstić information content (AvgIpc) is 3.22. The number of rotatable bonds is 7. The van der Waals surface area contributed by atoms with Gasteiger partial charge in [0, 0.05) is 24.3 Å². The Hall–Kier alpha value is -1.02. The highest BCUT2D eigenvalue weighted by molar-refractivity contribution is 5.52. The summed E-state index contributed by atoms with van der Waals surface area (Å²) in [4.78, 5) is 2.60. The van der Waals surface area contributed by atoms with Crippen molar-refractivity contribution in [1.82, 2.24) is 0 Å². The molecule has 1 aromatic carbocycles. The van der Waals surface area contributed by atoms with Crippen molar-refractivity contribution in [2.75, 3.05) is 11.4 Å². The molecule has 2 nitrogen and oxygen atoms in total. The van der Waals surface area contributed by atoms with Crippen molar-refractivity contribution in [3.8, 4) is 0 Å². The van der Waals surface area contributed by atoms with Gasteiger partial charge < -0.3 is 10.6 Å². The van der Waals surface area contributed by atoms with E-state index < -0.39 is 0 Å². The molecule has 2 rings (SSSR count). The summed E-state index contributed by atoms with van der Waals surface area (Å²) in [6, 6.07) is 8.01. The largest absolute Gasteiger partial charge is 0.368 e. The molecule has 0 aliphatic heterocycles. The monoisotopic (exact) mass is 274 g/mol. The lowest BCUT2D eigenvalue weighted by Crippen LogP contribution is -2.30. The van der Waals surface area contributed by atoms with Gasteiger partial charge in [0.05, 0.1) is 0 Å². The second kappa shape index (κ2) is 6.62. The lowest BCUT2D eigenvalue weighted by molar-refractivity contribution is 0.607. The predicted octanol–water partition coefficient (Wildman–Crippen LogP) is 3.90. The number of benzene rings is 1. The topological polar surface area (TPSA) is 29.3 Å². The summed E-state index contributed by atoms with van der Waals surface area (Å²) in [6.07, 6.45) is 4.75. The minimum absolute atomic E-state index is 0.287. The van der Waals surface area contributed by atoms with E-state index >= 15 is 0 Å². The van der Waals surface area contributed by atoms with Crippen molar-refractivity contribution in [3.05, 3.63) is 29.3 Å². The molecule has 0 bridgehead atoms. The lowest BCUT2D eigenvalue weighted by Gasteiger charge is -2.27. The van der Waals surface area contributed by atoms with Gasteiger partial charge in [-0.15, -0.1) is 0 Å². The SMILES string of the molecule is CCC(N)Cc1ccc(N(CC(C)C)C2CC2)cc1C. The first-order valence-electron chi connectivity index (χ1n) is 8.13. The van der Waals surface area contributed by atoms with Gasteiger partial charge in [-0.25, -0.2) is 0 Å². The fourth-order valence-electron chi connectivity index (χ4n) is 2.76. The highest BCUT2D eigenvalue weighted by Gasteiger charge is 2.29. The highest BCUT2D eigenvalue weighted by Crippen LogP contribution is 2.33. The first-order valence-corrected chi connectivity index (χ1v) is 8.13. The average molecular weight is 274 g/mol. The maximum atomic E-state index is 6.09. The summed E-state index contributed by atoms with van der Waals surface area (Å²) >= 11 is 0. The van der Waals surface area contributed by atoms with Gasteiger partial charge >= 0.3 is 0 Å². The Bertz CT molecular complexity index is 435. The van der Waals surface area contributed by atoms with Crippen LogP contribution >= 0.6 is 0 Å². The maximum absolute atomic E-state index is 6.09. The molecule has 0 spiro atoms. The molecular weight excluding hydrogens is 244 g/mol. The molecule has 112 valence electrons. The predicted molar refractivity (Wildman–Crippen MR) is 88.4 cm³/mol. The normalized spacial score (nSPS) is 16.5. The minimum atomic E-state index is 0.287. The third kappa shape index (κ3) is 3.99. The molecule has 20 heavy (non-hydrogen) atoms. The van der Waals surface area contributed by atoms with Crippen molar-refractivity contribution in [1.29, 1.82) is 0 Å². The Kier molecular flexibility index (Phi) is 5.09. The fraction of sp³-hybridized carbons (Fsp3) is 0.667. The van der Waals surface area contributed by atoms with Gasteiger partial charge in [0.25, 0.3) is 0 Å². The van der Waals surface area contributed by atoms with Gasteiger partial charge in [0.15, 0.2) is 0 Å². The van der Waals surface area contributed by atoms with Crippen LogP contribution in [-0.4, -0.2) is 18.6 Å². The summed E-state index contributed by atoms with van der Waals surface area (Å²) < 4.78 is 0. The van der Waals surface area contributed by atoms with Crippen LogP contribution < -0.4 is 10.6 Å². The van der Waals surface area contributed by atoms with Crippen LogP contribution in [0.5, 0.6) is 0 Å². The molecule has 1 fully saturated rings. The minimum Gasteiger partial charge on any atom is -0.368 e. The van der Waals surface area contributed by atoms with Crippen molar-refractivity contribution in [3.63, 3.8) is 0 Å². The summed E-state index contributed by atoms with van der Waals surface area (Å²) in [5.41, 5.74) is 10.3. The van der Waals surface area contributed by atoms with Crippen molar-refractivity contribution in [2.45, 2.75) is 65.5 Å². The molecule has 1 saturated carbocycles. The van der Waals surface area contributed by atoms with Crippen LogP contribution in [0.3, 0.4) is 0 Å². The van der Waals surface area contributed by atoms with E-state index in [0.29, 0.717) is 5.92 Å². The van der Waals surface area contributed by atoms with Gasteiger partial charge in [-0.3, -0.25) is 0 Å². The van der Waals surface area contributed by atoms with E-state index in [2.05, 4.69) is 50.8 Å². The molecule has 1 aliphatic carbocycles. The highest BCUT2D eigenvalue weighted by atomic mass is 15.2. The van der Waals surface area contributed by atoms with E-state index in [1.807, 2.05) is 0 Å². The Morgan fingerprint density at radius 1 is 1.30 bits per heavy atom. The van der Waals surface area contributed by atoms with Gasteiger partial charge in [-0.2, -0.15) is 0 Å². The van der Waals surface area contributed by atoms with E-state index in [-0.39, 0.29) is 6.04 Å². The van der Waals surface area contributed by atoms with Crippen LogP contribution in [0, 0.1) is 12.8 Å². The van der Waals surface area contributed by atoms with E-state index in [4.69, 9.17) is 5.73 Å². The first-order chi connectivity index (χ1) is 9.51. The van der Waals surface area contributed by atoms with Gasteiger partial charge in [-0.05, 0) is 61.8 Å². The smallest absolute Gasteiger partial charge is 0.0371 e. The fourth-order valence-corrected chi connectivity index (χ4v) is 2.76. The van der Waals surface area contributed by atoms with Crippen molar-refractivity contribution in [2.24, 2.45) is 11.7 Å². The molecule has 1 aliphatic rings. The van der Waals surface area contributed by atoms with Crippen LogP contribution in [-0.2, 0) is 6.42 Å². The van der Waals surface area contributed by atoms with Crippen molar-refractivity contribution < 1.29 is 0 Å². The second-order valence-corrected chi connectivity index (χ2v) is 6.76. The lowest BCUT2D eigenvalue weighted by atomic mass is 9.99. The Morgan fingerprint density at radius 3 is 2.50 bits per heavy atom. The van der Waals surface area contributed by atoms with Crippen LogP contribution in [0.15, 0.2) is 18.2 Å². The molecule has 1 aromatic rings. The van der Waals surface area contributed by atoms with E-state index in [0.717, 1.165) is 25.4 Å².